The Labute approximate surface area is 187 Å². The Morgan fingerprint density at radius 1 is 1.07 bits per heavy atom. The van der Waals surface area contributed by atoms with Gasteiger partial charge < -0.3 is 9.64 Å². The molecule has 0 unspecified atom stereocenters. The van der Waals surface area contributed by atoms with E-state index < -0.39 is 0 Å². The van der Waals surface area contributed by atoms with Crippen molar-refractivity contribution in [3.05, 3.63) is 48.0 Å². The summed E-state index contributed by atoms with van der Waals surface area (Å²) >= 11 is 3.30. The van der Waals surface area contributed by atoms with E-state index in [2.05, 4.69) is 25.7 Å². The lowest BCUT2D eigenvalue weighted by Gasteiger charge is -2.24. The van der Waals surface area contributed by atoms with Crippen molar-refractivity contribution in [2.75, 3.05) is 43.9 Å². The molecule has 0 spiro atoms. The fourth-order valence-corrected chi connectivity index (χ4v) is 4.90. The zero-order chi connectivity index (χ0) is 21.5. The van der Waals surface area contributed by atoms with E-state index in [1.807, 2.05) is 47.4 Å². The fraction of sp³-hybridized carbons (Fsp3) is 0.391. The second-order valence-corrected chi connectivity index (χ2v) is 9.12. The van der Waals surface area contributed by atoms with E-state index in [0.717, 1.165) is 46.5 Å². The molecule has 1 aromatic heterocycles. The second kappa shape index (κ2) is 10.8. The van der Waals surface area contributed by atoms with E-state index in [-0.39, 0.29) is 5.91 Å². The average Bonchev–Trinajstić information content (AvgIpc) is 3.20. The van der Waals surface area contributed by atoms with E-state index >= 15 is 0 Å². The van der Waals surface area contributed by atoms with Crippen molar-refractivity contribution >= 4 is 44.4 Å². The van der Waals surface area contributed by atoms with Gasteiger partial charge in [0.25, 0.3) is 5.91 Å². The predicted molar refractivity (Wildman–Crippen MR) is 128 cm³/mol. The van der Waals surface area contributed by atoms with Gasteiger partial charge in [-0.15, -0.1) is 11.8 Å². The maximum atomic E-state index is 13.4. The van der Waals surface area contributed by atoms with Crippen molar-refractivity contribution < 1.29 is 9.53 Å². The highest BCUT2D eigenvalue weighted by Crippen LogP contribution is 2.32. The van der Waals surface area contributed by atoms with Gasteiger partial charge in [0.1, 0.15) is 5.75 Å². The summed E-state index contributed by atoms with van der Waals surface area (Å²) in [6, 6.07) is 13.7. The minimum atomic E-state index is -0.0128. The number of likely N-dealkylation sites (N-methyl/N-ethyl adjacent to an activating group) is 1. The van der Waals surface area contributed by atoms with Crippen LogP contribution < -0.4 is 9.64 Å². The van der Waals surface area contributed by atoms with E-state index in [4.69, 9.17) is 9.72 Å². The van der Waals surface area contributed by atoms with Crippen LogP contribution in [0.5, 0.6) is 5.75 Å². The molecule has 0 saturated heterocycles. The number of thiazole rings is 1. The molecule has 7 heteroatoms. The number of amides is 1. The summed E-state index contributed by atoms with van der Waals surface area (Å²) in [5.74, 6) is 1.79. The minimum absolute atomic E-state index is 0.0128. The van der Waals surface area contributed by atoms with Crippen LogP contribution in [0, 0.1) is 0 Å². The van der Waals surface area contributed by atoms with Crippen LogP contribution in [0.1, 0.15) is 31.1 Å². The van der Waals surface area contributed by atoms with Crippen LogP contribution in [0.4, 0.5) is 5.13 Å². The second-order valence-electron chi connectivity index (χ2n) is 6.77. The summed E-state index contributed by atoms with van der Waals surface area (Å²) in [7, 11) is 1.66. The van der Waals surface area contributed by atoms with Gasteiger partial charge in [-0.05, 0) is 61.3 Å². The van der Waals surface area contributed by atoms with Gasteiger partial charge in [-0.25, -0.2) is 4.98 Å². The van der Waals surface area contributed by atoms with Crippen LogP contribution in [0.25, 0.3) is 10.2 Å². The number of ether oxygens (including phenoxy) is 1. The molecule has 0 radical (unpaired) electrons. The maximum absolute atomic E-state index is 13.4. The molecule has 0 aliphatic rings. The van der Waals surface area contributed by atoms with Gasteiger partial charge in [0.15, 0.2) is 5.13 Å². The molecule has 0 N–H and O–H groups in total. The van der Waals surface area contributed by atoms with Crippen LogP contribution >= 0.6 is 23.1 Å². The fourth-order valence-electron chi connectivity index (χ4n) is 3.22. The lowest BCUT2D eigenvalue weighted by Crippen LogP contribution is -2.38. The van der Waals surface area contributed by atoms with Crippen molar-refractivity contribution in [2.24, 2.45) is 0 Å². The van der Waals surface area contributed by atoms with Crippen LogP contribution in [-0.4, -0.2) is 54.8 Å². The van der Waals surface area contributed by atoms with Gasteiger partial charge in [0.05, 0.1) is 17.3 Å². The lowest BCUT2D eigenvalue weighted by atomic mass is 10.2. The van der Waals surface area contributed by atoms with Crippen LogP contribution in [-0.2, 0) is 0 Å². The van der Waals surface area contributed by atoms with Crippen molar-refractivity contribution in [3.8, 4) is 5.75 Å². The molecule has 0 atom stereocenters. The quantitative estimate of drug-likeness (QED) is 0.392. The smallest absolute Gasteiger partial charge is 0.260 e. The third-order valence-electron chi connectivity index (χ3n) is 5.01. The number of carbonyl (C=O) groups is 1. The van der Waals surface area contributed by atoms with Crippen molar-refractivity contribution in [1.29, 1.82) is 0 Å². The number of aromatic nitrogens is 1. The normalized spacial score (nSPS) is 11.2. The zero-order valence-corrected chi connectivity index (χ0v) is 19.7. The summed E-state index contributed by atoms with van der Waals surface area (Å²) in [6.45, 7) is 9.73. The average molecular weight is 444 g/mol. The lowest BCUT2D eigenvalue weighted by molar-refractivity contribution is 0.0983. The number of methoxy groups -OCH3 is 1. The van der Waals surface area contributed by atoms with E-state index in [9.17, 15) is 4.79 Å². The third-order valence-corrected chi connectivity index (χ3v) is 6.94. The molecular weight excluding hydrogens is 414 g/mol. The summed E-state index contributed by atoms with van der Waals surface area (Å²) in [5.41, 5.74) is 1.57. The summed E-state index contributed by atoms with van der Waals surface area (Å²) in [5, 5.41) is 0.724. The number of rotatable bonds is 10. The summed E-state index contributed by atoms with van der Waals surface area (Å²) in [4.78, 5) is 23.5. The molecule has 5 nitrogen and oxygen atoms in total. The number of thioether (sulfide) groups is 1. The Kier molecular flexibility index (Phi) is 8.13. The molecule has 0 fully saturated rings. The van der Waals surface area contributed by atoms with Crippen molar-refractivity contribution in [2.45, 2.75) is 25.7 Å². The Morgan fingerprint density at radius 3 is 2.43 bits per heavy atom. The predicted octanol–water partition coefficient (Wildman–Crippen LogP) is 5.41. The molecule has 160 valence electrons. The third kappa shape index (κ3) is 5.33. The monoisotopic (exact) mass is 443 g/mol. The molecule has 3 rings (SSSR count). The molecule has 30 heavy (non-hydrogen) atoms. The molecule has 0 aliphatic heterocycles. The first-order valence-electron chi connectivity index (χ1n) is 10.3. The van der Waals surface area contributed by atoms with Gasteiger partial charge in [0.2, 0.25) is 0 Å². The molecular formula is C23H29N3O2S2. The first-order valence-corrected chi connectivity index (χ1v) is 12.1. The van der Waals surface area contributed by atoms with Crippen molar-refractivity contribution in [1.82, 2.24) is 9.88 Å². The zero-order valence-electron chi connectivity index (χ0n) is 18.1. The Balaban J connectivity index is 1.92. The number of anilines is 1. The summed E-state index contributed by atoms with van der Waals surface area (Å²) in [6.07, 6.45) is 0. The number of carbonyl (C=O) groups excluding carboxylic acids is 1. The van der Waals surface area contributed by atoms with E-state index in [0.29, 0.717) is 12.1 Å². The maximum Gasteiger partial charge on any atom is 0.260 e. The molecule has 1 heterocycles. The highest BCUT2D eigenvalue weighted by atomic mass is 32.2. The Hall–Kier alpha value is -2.09. The minimum Gasteiger partial charge on any atom is -0.497 e. The van der Waals surface area contributed by atoms with Gasteiger partial charge in [-0.3, -0.25) is 9.69 Å². The Morgan fingerprint density at radius 2 is 1.80 bits per heavy atom. The number of nitrogens with zero attached hydrogens (tertiary/aromatic N) is 3. The summed E-state index contributed by atoms with van der Waals surface area (Å²) < 4.78 is 6.35. The molecule has 2 aromatic carbocycles. The molecule has 1 amide bonds. The highest BCUT2D eigenvalue weighted by Gasteiger charge is 2.22. The number of hydrogen-bond donors (Lipinski definition) is 0. The Bertz CT molecular complexity index is 968. The molecule has 0 aliphatic carbocycles. The van der Waals surface area contributed by atoms with E-state index in [1.165, 1.54) is 16.2 Å². The highest BCUT2D eigenvalue weighted by molar-refractivity contribution is 7.99. The number of fused-ring (bicyclic) bond motifs is 1. The van der Waals surface area contributed by atoms with Gasteiger partial charge in [-0.2, -0.15) is 0 Å². The molecule has 0 bridgehead atoms. The van der Waals surface area contributed by atoms with Crippen LogP contribution in [0.2, 0.25) is 0 Å². The van der Waals surface area contributed by atoms with Crippen molar-refractivity contribution in [3.63, 3.8) is 0 Å². The first kappa shape index (κ1) is 22.6. The van der Waals surface area contributed by atoms with Crippen LogP contribution in [0.3, 0.4) is 0 Å². The van der Waals surface area contributed by atoms with Gasteiger partial charge in [0, 0.05) is 23.5 Å². The standard InChI is InChI=1S/C23H29N3O2S2/c1-5-25(6-2)14-15-26(22(27)17-8-11-19(12-9-17)29-7-3)23-24-20-13-10-18(28-4)16-21(20)30-23/h8-13,16H,5-7,14-15H2,1-4H3. The largest absolute Gasteiger partial charge is 0.497 e. The SMILES string of the molecule is CCSc1ccc(C(=O)N(CCN(CC)CC)c2nc3ccc(OC)cc3s2)cc1. The van der Waals surface area contributed by atoms with E-state index in [1.54, 1.807) is 18.9 Å². The number of hydrogen-bond acceptors (Lipinski definition) is 6. The molecule has 0 saturated carbocycles. The van der Waals surface area contributed by atoms with Gasteiger partial charge in [-0.1, -0.05) is 32.1 Å². The first-order chi connectivity index (χ1) is 14.6. The number of benzene rings is 2. The van der Waals surface area contributed by atoms with Gasteiger partial charge >= 0.3 is 0 Å². The molecule has 3 aromatic rings. The topological polar surface area (TPSA) is 45.7 Å². The van der Waals surface area contributed by atoms with Crippen LogP contribution in [0.15, 0.2) is 47.4 Å².